The van der Waals surface area contributed by atoms with Crippen molar-refractivity contribution in [1.29, 1.82) is 5.41 Å². The van der Waals surface area contributed by atoms with E-state index in [0.717, 1.165) is 6.29 Å². The number of fused-ring (bicyclic) bond motifs is 2. The second kappa shape index (κ2) is 6.29. The summed E-state index contributed by atoms with van der Waals surface area (Å²) in [6.07, 6.45) is 0.730. The minimum Gasteiger partial charge on any atom is -0.454 e. The van der Waals surface area contributed by atoms with Gasteiger partial charge in [0.05, 0.1) is 5.36 Å². The molecule has 0 radical (unpaired) electrons. The van der Waals surface area contributed by atoms with Gasteiger partial charge in [-0.15, -0.1) is 0 Å². The molecule has 28 heavy (non-hydrogen) atoms. The lowest BCUT2D eigenvalue weighted by Gasteiger charge is -2.18. The number of hydrogen-bond donors (Lipinski definition) is 3. The third kappa shape index (κ3) is 2.75. The zero-order chi connectivity index (χ0) is 20.1. The molecule has 2 aromatic carbocycles. The quantitative estimate of drug-likeness (QED) is 0.279. The van der Waals surface area contributed by atoms with Crippen LogP contribution in [0.5, 0.6) is 0 Å². The maximum Gasteiger partial charge on any atom is 0.243 e. The van der Waals surface area contributed by atoms with Crippen LogP contribution in [0.2, 0.25) is 0 Å². The highest BCUT2D eigenvalue weighted by Gasteiger charge is 2.26. The molecule has 2 aromatic rings. The van der Waals surface area contributed by atoms with Gasteiger partial charge in [0, 0.05) is 33.8 Å². The average Bonchev–Trinajstić information content (AvgIpc) is 2.64. The molecular weight excluding hydrogens is 378 g/mol. The van der Waals surface area contributed by atoms with Crippen LogP contribution in [-0.2, 0) is 10.0 Å². The SMILES string of the molecule is N=c1ccc2c(-c3ccccc3C=O)c3ccc(N)cc3oc-2c1S(N)(=O)=O. The number of primary sulfonamides is 1. The Labute approximate surface area is 160 Å². The highest BCUT2D eigenvalue weighted by atomic mass is 32.2. The van der Waals surface area contributed by atoms with E-state index in [1.807, 2.05) is 0 Å². The molecule has 0 saturated carbocycles. The molecule has 0 aromatic heterocycles. The first-order valence-corrected chi connectivity index (χ1v) is 9.77. The molecule has 0 saturated heterocycles. The van der Waals surface area contributed by atoms with Gasteiger partial charge in [-0.2, -0.15) is 0 Å². The van der Waals surface area contributed by atoms with Crippen LogP contribution >= 0.6 is 0 Å². The fourth-order valence-electron chi connectivity index (χ4n) is 3.35. The van der Waals surface area contributed by atoms with E-state index in [1.165, 1.54) is 6.07 Å². The van der Waals surface area contributed by atoms with Crippen molar-refractivity contribution in [2.24, 2.45) is 5.14 Å². The van der Waals surface area contributed by atoms with Crippen LogP contribution in [0.3, 0.4) is 0 Å². The second-order valence-electron chi connectivity index (χ2n) is 6.30. The maximum atomic E-state index is 12.2. The molecule has 2 aliphatic rings. The average molecular weight is 393 g/mol. The number of nitrogens with two attached hydrogens (primary N) is 2. The summed E-state index contributed by atoms with van der Waals surface area (Å²) in [6, 6.07) is 14.9. The van der Waals surface area contributed by atoms with E-state index >= 15 is 0 Å². The van der Waals surface area contributed by atoms with Gasteiger partial charge in [-0.25, -0.2) is 13.6 Å². The Hall–Kier alpha value is -3.49. The van der Waals surface area contributed by atoms with Crippen molar-refractivity contribution < 1.29 is 17.6 Å². The lowest BCUT2D eigenvalue weighted by atomic mass is 9.91. The Bertz CT molecular complexity index is 1390. The molecule has 7 nitrogen and oxygen atoms in total. The molecule has 8 heteroatoms. The predicted octanol–water partition coefficient (Wildman–Crippen LogP) is 2.73. The largest absolute Gasteiger partial charge is 0.454 e. The van der Waals surface area contributed by atoms with E-state index in [2.05, 4.69) is 0 Å². The first-order chi connectivity index (χ1) is 13.3. The minimum absolute atomic E-state index is 0.0520. The summed E-state index contributed by atoms with van der Waals surface area (Å²) in [5.41, 5.74) is 8.67. The van der Waals surface area contributed by atoms with Crippen LogP contribution in [0.15, 0.2) is 63.9 Å². The number of aldehydes is 1. The Morgan fingerprint density at radius 2 is 1.75 bits per heavy atom. The van der Waals surface area contributed by atoms with Gasteiger partial charge in [-0.1, -0.05) is 24.3 Å². The molecule has 0 spiro atoms. The van der Waals surface area contributed by atoms with Gasteiger partial charge in [-0.05, 0) is 29.8 Å². The lowest BCUT2D eigenvalue weighted by molar-refractivity contribution is 0.112. The monoisotopic (exact) mass is 393 g/mol. The summed E-state index contributed by atoms with van der Waals surface area (Å²) < 4.78 is 30.2. The number of benzene rings is 3. The fraction of sp³-hybridized carbons (Fsp3) is 0. The first kappa shape index (κ1) is 17.9. The summed E-state index contributed by atoms with van der Waals surface area (Å²) in [7, 11) is -4.24. The van der Waals surface area contributed by atoms with Crippen molar-refractivity contribution in [1.82, 2.24) is 0 Å². The Kier molecular flexibility index (Phi) is 4.02. The Morgan fingerprint density at radius 3 is 2.46 bits per heavy atom. The van der Waals surface area contributed by atoms with E-state index in [1.54, 1.807) is 48.5 Å². The first-order valence-electron chi connectivity index (χ1n) is 8.22. The highest BCUT2D eigenvalue weighted by molar-refractivity contribution is 7.89. The minimum atomic E-state index is -4.24. The smallest absolute Gasteiger partial charge is 0.243 e. The van der Waals surface area contributed by atoms with E-state index in [4.69, 9.17) is 20.7 Å². The molecular formula is C20H15N3O4S. The van der Waals surface area contributed by atoms with Crippen molar-refractivity contribution in [3.63, 3.8) is 0 Å². The van der Waals surface area contributed by atoms with Gasteiger partial charge < -0.3 is 10.2 Å². The zero-order valence-corrected chi connectivity index (χ0v) is 15.3. The predicted molar refractivity (Wildman–Crippen MR) is 105 cm³/mol. The number of hydrogen-bond acceptors (Lipinski definition) is 6. The standard InChI is InChI=1S/C20H15N3O4S/c21-12-5-6-14-17(9-12)27-19-15(7-8-16(22)20(19)28(23,25)26)18(14)13-4-2-1-3-11(13)10-24/h1-10,22H,21H2,(H2,23,25,26). The summed E-state index contributed by atoms with van der Waals surface area (Å²) in [5, 5.41) is 13.7. The van der Waals surface area contributed by atoms with Crippen molar-refractivity contribution in [2.45, 2.75) is 4.90 Å². The van der Waals surface area contributed by atoms with E-state index < -0.39 is 14.9 Å². The lowest BCUT2D eigenvalue weighted by Crippen LogP contribution is -2.22. The van der Waals surface area contributed by atoms with Crippen LogP contribution in [0.25, 0.3) is 33.4 Å². The molecule has 0 bridgehead atoms. The van der Waals surface area contributed by atoms with Crippen molar-refractivity contribution in [3.8, 4) is 22.5 Å². The van der Waals surface area contributed by atoms with Gasteiger partial charge in [0.2, 0.25) is 10.0 Å². The number of nitrogens with one attached hydrogen (secondary N) is 1. The fourth-order valence-corrected chi connectivity index (χ4v) is 4.13. The number of sulfonamides is 1. The van der Waals surface area contributed by atoms with Gasteiger partial charge in [-0.3, -0.25) is 10.2 Å². The molecule has 4 rings (SSSR count). The molecule has 0 amide bonds. The molecule has 140 valence electrons. The van der Waals surface area contributed by atoms with Crippen LogP contribution in [0.4, 0.5) is 5.69 Å². The molecule has 0 fully saturated rings. The summed E-state index contributed by atoms with van der Waals surface area (Å²) in [4.78, 5) is 11.2. The number of rotatable bonds is 3. The van der Waals surface area contributed by atoms with Gasteiger partial charge >= 0.3 is 0 Å². The molecule has 1 aliphatic carbocycles. The van der Waals surface area contributed by atoms with E-state index in [-0.39, 0.29) is 11.1 Å². The molecule has 1 heterocycles. The van der Waals surface area contributed by atoms with Gasteiger partial charge in [0.1, 0.15) is 10.5 Å². The highest BCUT2D eigenvalue weighted by Crippen LogP contribution is 2.42. The Morgan fingerprint density at radius 1 is 1.00 bits per heavy atom. The number of carbonyl (C=O) groups is 1. The number of anilines is 1. The second-order valence-corrected chi connectivity index (χ2v) is 7.80. The van der Waals surface area contributed by atoms with Crippen molar-refractivity contribution >= 4 is 33.0 Å². The van der Waals surface area contributed by atoms with Crippen molar-refractivity contribution in [2.75, 3.05) is 5.73 Å². The molecule has 1 aliphatic heterocycles. The van der Waals surface area contributed by atoms with Gasteiger partial charge in [0.25, 0.3) is 0 Å². The number of carbonyl (C=O) groups excluding carboxylic acids is 1. The van der Waals surface area contributed by atoms with Crippen LogP contribution in [-0.4, -0.2) is 14.7 Å². The van der Waals surface area contributed by atoms with E-state index in [0.29, 0.717) is 38.9 Å². The third-order valence-electron chi connectivity index (χ3n) is 4.51. The third-order valence-corrected chi connectivity index (χ3v) is 5.48. The van der Waals surface area contributed by atoms with Crippen LogP contribution in [0, 0.1) is 5.41 Å². The Balaban J connectivity index is 2.29. The molecule has 0 unspecified atom stereocenters. The number of nitrogen functional groups attached to an aromatic ring is 1. The van der Waals surface area contributed by atoms with E-state index in [9.17, 15) is 13.2 Å². The topological polar surface area (TPSA) is 140 Å². The summed E-state index contributed by atoms with van der Waals surface area (Å²) in [5.74, 6) is -0.0520. The van der Waals surface area contributed by atoms with Crippen molar-refractivity contribution in [3.05, 3.63) is 65.5 Å². The zero-order valence-electron chi connectivity index (χ0n) is 14.5. The molecule has 5 N–H and O–H groups in total. The normalized spacial score (nSPS) is 11.8. The summed E-state index contributed by atoms with van der Waals surface area (Å²) >= 11 is 0. The van der Waals surface area contributed by atoms with Crippen LogP contribution in [0.1, 0.15) is 10.4 Å². The van der Waals surface area contributed by atoms with Crippen LogP contribution < -0.4 is 16.2 Å². The van der Waals surface area contributed by atoms with Gasteiger partial charge in [0.15, 0.2) is 12.0 Å². The summed E-state index contributed by atoms with van der Waals surface area (Å²) in [6.45, 7) is 0. The maximum absolute atomic E-state index is 12.2. The molecule has 0 atom stereocenters.